The normalized spacial score (nSPS) is 23.3. The Labute approximate surface area is 138 Å². The van der Waals surface area contributed by atoms with Gasteiger partial charge in [0, 0.05) is 24.1 Å². The highest BCUT2D eigenvalue weighted by Crippen LogP contribution is 2.36. The average Bonchev–Trinajstić information content (AvgIpc) is 2.42. The van der Waals surface area contributed by atoms with Crippen LogP contribution in [0.25, 0.3) is 0 Å². The van der Waals surface area contributed by atoms with Gasteiger partial charge in [0.1, 0.15) is 0 Å². The lowest BCUT2D eigenvalue weighted by molar-refractivity contribution is -0.00991. The molecule has 4 heteroatoms. The zero-order valence-corrected chi connectivity index (χ0v) is 14.7. The summed E-state index contributed by atoms with van der Waals surface area (Å²) in [5.74, 6) is 0. The molecule has 0 aromatic heterocycles. The first-order valence-corrected chi connectivity index (χ1v) is 8.33. The van der Waals surface area contributed by atoms with Crippen LogP contribution >= 0.6 is 23.2 Å². The second kappa shape index (κ2) is 6.87. The summed E-state index contributed by atoms with van der Waals surface area (Å²) >= 11 is 12.5. The summed E-state index contributed by atoms with van der Waals surface area (Å²) in [5, 5.41) is 4.94. The molecule has 1 aliphatic rings. The standard InChI is InChI=1S/C17H25Cl2NO/c1-16(2,3)20-11-17(8-5-9-21-12-17)10-13-6-4-7-14(18)15(13)19/h4,6-7,20H,5,8-12H2,1-3H3. The Morgan fingerprint density at radius 1 is 1.29 bits per heavy atom. The van der Waals surface area contributed by atoms with Crippen molar-refractivity contribution >= 4 is 23.2 Å². The first kappa shape index (κ1) is 17.1. The molecular weight excluding hydrogens is 305 g/mol. The summed E-state index contributed by atoms with van der Waals surface area (Å²) < 4.78 is 5.78. The van der Waals surface area contributed by atoms with E-state index in [1.54, 1.807) is 0 Å². The molecule has 1 saturated heterocycles. The zero-order valence-electron chi connectivity index (χ0n) is 13.1. The fraction of sp³-hybridized carbons (Fsp3) is 0.647. The van der Waals surface area contributed by atoms with E-state index < -0.39 is 0 Å². The summed E-state index contributed by atoms with van der Waals surface area (Å²) in [6, 6.07) is 5.88. The van der Waals surface area contributed by atoms with Crippen molar-refractivity contribution in [1.29, 1.82) is 0 Å². The predicted octanol–water partition coefficient (Wildman–Crippen LogP) is 4.72. The van der Waals surface area contributed by atoms with Gasteiger partial charge in [0.2, 0.25) is 0 Å². The third-order valence-electron chi connectivity index (χ3n) is 3.99. The maximum atomic E-state index is 6.37. The third-order valence-corrected chi connectivity index (χ3v) is 4.85. The van der Waals surface area contributed by atoms with Gasteiger partial charge >= 0.3 is 0 Å². The van der Waals surface area contributed by atoms with Crippen molar-refractivity contribution in [2.75, 3.05) is 19.8 Å². The zero-order chi connectivity index (χ0) is 15.5. The Morgan fingerprint density at radius 2 is 2.05 bits per heavy atom. The van der Waals surface area contributed by atoms with Crippen LogP contribution in [-0.2, 0) is 11.2 Å². The quantitative estimate of drug-likeness (QED) is 0.862. The van der Waals surface area contributed by atoms with Crippen LogP contribution in [0.5, 0.6) is 0 Å². The summed E-state index contributed by atoms with van der Waals surface area (Å²) in [6.07, 6.45) is 3.15. The number of nitrogens with one attached hydrogen (secondary N) is 1. The molecule has 1 aromatic carbocycles. The summed E-state index contributed by atoms with van der Waals surface area (Å²) in [6.45, 7) is 9.14. The Balaban J connectivity index is 2.17. The van der Waals surface area contributed by atoms with Gasteiger partial charge in [-0.05, 0) is 51.7 Å². The van der Waals surface area contributed by atoms with Gasteiger partial charge in [-0.15, -0.1) is 0 Å². The van der Waals surface area contributed by atoms with Gasteiger partial charge in [0.15, 0.2) is 0 Å². The van der Waals surface area contributed by atoms with Gasteiger partial charge in [-0.3, -0.25) is 0 Å². The maximum Gasteiger partial charge on any atom is 0.0624 e. The molecule has 0 spiro atoms. The van der Waals surface area contributed by atoms with Gasteiger partial charge in [0.05, 0.1) is 16.7 Å². The van der Waals surface area contributed by atoms with Crippen LogP contribution in [0.3, 0.4) is 0 Å². The molecule has 1 unspecified atom stereocenters. The van der Waals surface area contributed by atoms with Crippen LogP contribution in [0.2, 0.25) is 10.0 Å². The number of halogens is 2. The molecule has 2 nitrogen and oxygen atoms in total. The summed E-state index contributed by atoms with van der Waals surface area (Å²) in [5.41, 5.74) is 1.31. The van der Waals surface area contributed by atoms with Crippen LogP contribution in [0.4, 0.5) is 0 Å². The number of hydrogen-bond acceptors (Lipinski definition) is 2. The Morgan fingerprint density at radius 3 is 2.67 bits per heavy atom. The first-order chi connectivity index (χ1) is 9.81. The minimum Gasteiger partial charge on any atom is -0.381 e. The highest BCUT2D eigenvalue weighted by Gasteiger charge is 2.34. The average molecular weight is 330 g/mol. The molecule has 0 bridgehead atoms. The molecule has 2 rings (SSSR count). The van der Waals surface area contributed by atoms with Crippen LogP contribution in [0.15, 0.2) is 18.2 Å². The Bertz CT molecular complexity index is 476. The smallest absolute Gasteiger partial charge is 0.0624 e. The largest absolute Gasteiger partial charge is 0.381 e. The van der Waals surface area contributed by atoms with E-state index in [2.05, 4.69) is 32.2 Å². The van der Waals surface area contributed by atoms with Gasteiger partial charge in [-0.1, -0.05) is 35.3 Å². The van der Waals surface area contributed by atoms with E-state index in [0.29, 0.717) is 10.0 Å². The second-order valence-electron chi connectivity index (χ2n) is 7.15. The topological polar surface area (TPSA) is 21.3 Å². The van der Waals surface area contributed by atoms with Crippen molar-refractivity contribution in [2.24, 2.45) is 5.41 Å². The highest BCUT2D eigenvalue weighted by atomic mass is 35.5. The minimum absolute atomic E-state index is 0.0971. The predicted molar refractivity (Wildman–Crippen MR) is 90.4 cm³/mol. The molecule has 0 amide bonds. The van der Waals surface area contributed by atoms with Gasteiger partial charge in [-0.25, -0.2) is 0 Å². The molecule has 1 heterocycles. The SMILES string of the molecule is CC(C)(C)NCC1(Cc2cccc(Cl)c2Cl)CCCOC1. The van der Waals surface area contributed by atoms with Crippen LogP contribution < -0.4 is 5.32 Å². The maximum absolute atomic E-state index is 6.37. The van der Waals surface area contributed by atoms with Crippen molar-refractivity contribution in [3.8, 4) is 0 Å². The Hall–Kier alpha value is -0.280. The number of benzene rings is 1. The number of rotatable bonds is 4. The van der Waals surface area contributed by atoms with E-state index in [9.17, 15) is 0 Å². The van der Waals surface area contributed by atoms with E-state index in [1.807, 2.05) is 12.1 Å². The molecule has 1 aliphatic heterocycles. The fourth-order valence-electron chi connectivity index (χ4n) is 2.79. The molecule has 1 aromatic rings. The van der Waals surface area contributed by atoms with Gasteiger partial charge in [0.25, 0.3) is 0 Å². The Kier molecular flexibility index (Phi) is 5.59. The third kappa shape index (κ3) is 4.85. The fourth-order valence-corrected chi connectivity index (χ4v) is 3.18. The molecule has 1 N–H and O–H groups in total. The molecular formula is C17H25Cl2NO. The second-order valence-corrected chi connectivity index (χ2v) is 7.93. The molecule has 1 fully saturated rings. The lowest BCUT2D eigenvalue weighted by Crippen LogP contribution is -2.48. The van der Waals surface area contributed by atoms with Crippen molar-refractivity contribution < 1.29 is 4.74 Å². The molecule has 0 radical (unpaired) electrons. The highest BCUT2D eigenvalue weighted by molar-refractivity contribution is 6.42. The summed E-state index contributed by atoms with van der Waals surface area (Å²) in [7, 11) is 0. The van der Waals surface area contributed by atoms with Crippen molar-refractivity contribution in [2.45, 2.75) is 45.6 Å². The van der Waals surface area contributed by atoms with Crippen LogP contribution in [-0.4, -0.2) is 25.3 Å². The van der Waals surface area contributed by atoms with E-state index >= 15 is 0 Å². The number of ether oxygens (including phenoxy) is 1. The van der Waals surface area contributed by atoms with Crippen molar-refractivity contribution in [3.05, 3.63) is 33.8 Å². The van der Waals surface area contributed by atoms with Gasteiger partial charge < -0.3 is 10.1 Å². The van der Waals surface area contributed by atoms with Crippen LogP contribution in [0, 0.1) is 5.41 Å². The van der Waals surface area contributed by atoms with E-state index in [1.165, 1.54) is 0 Å². The van der Waals surface area contributed by atoms with E-state index in [4.69, 9.17) is 27.9 Å². The molecule has 118 valence electrons. The van der Waals surface area contributed by atoms with Crippen molar-refractivity contribution in [1.82, 2.24) is 5.32 Å². The molecule has 0 aliphatic carbocycles. The van der Waals surface area contributed by atoms with E-state index in [-0.39, 0.29) is 11.0 Å². The molecule has 0 saturated carbocycles. The number of hydrogen-bond donors (Lipinski definition) is 1. The van der Waals surface area contributed by atoms with Crippen molar-refractivity contribution in [3.63, 3.8) is 0 Å². The molecule has 1 atom stereocenters. The van der Waals surface area contributed by atoms with E-state index in [0.717, 1.165) is 44.6 Å². The van der Waals surface area contributed by atoms with Crippen LogP contribution in [0.1, 0.15) is 39.2 Å². The summed E-state index contributed by atoms with van der Waals surface area (Å²) in [4.78, 5) is 0. The lowest BCUT2D eigenvalue weighted by Gasteiger charge is -2.40. The monoisotopic (exact) mass is 329 g/mol. The molecule has 21 heavy (non-hydrogen) atoms. The lowest BCUT2D eigenvalue weighted by atomic mass is 9.76. The van der Waals surface area contributed by atoms with Gasteiger partial charge in [-0.2, -0.15) is 0 Å². The first-order valence-electron chi connectivity index (χ1n) is 7.57. The minimum atomic E-state index is 0.0971.